The number of hydrogen-bond donors (Lipinski definition) is 1. The van der Waals surface area contributed by atoms with Gasteiger partial charge in [-0.1, -0.05) is 6.07 Å². The van der Waals surface area contributed by atoms with Gasteiger partial charge in [-0.05, 0) is 61.7 Å². The standard InChI is InChI=1S/C23H21NO5S/c1-3-28-16-9-7-15(8-10-16)21(25)19-20(18-11-6-14(2)29-18)24(23(27)22(19)26)13-17-5-4-12-30-17/h4-12,20,25H,3,13H2,1-2H3/b21-19-. The fourth-order valence-corrected chi connectivity index (χ4v) is 4.24. The molecular weight excluding hydrogens is 402 g/mol. The molecule has 3 aromatic rings. The third kappa shape index (κ3) is 3.64. The van der Waals surface area contributed by atoms with Crippen molar-refractivity contribution in [1.82, 2.24) is 4.90 Å². The maximum Gasteiger partial charge on any atom is 0.296 e. The molecule has 0 bridgehead atoms. The van der Waals surface area contributed by atoms with Crippen LogP contribution >= 0.6 is 11.3 Å². The minimum absolute atomic E-state index is 0.0232. The lowest BCUT2D eigenvalue weighted by molar-refractivity contribution is -0.140. The molecule has 6 nitrogen and oxygen atoms in total. The van der Waals surface area contributed by atoms with Crippen LogP contribution in [0, 0.1) is 6.92 Å². The third-order valence-electron chi connectivity index (χ3n) is 4.92. The molecule has 0 spiro atoms. The van der Waals surface area contributed by atoms with Crippen molar-refractivity contribution in [3.05, 3.63) is 81.4 Å². The Morgan fingerprint density at radius 1 is 1.17 bits per heavy atom. The fourth-order valence-electron chi connectivity index (χ4n) is 3.54. The molecular formula is C23H21NO5S. The minimum Gasteiger partial charge on any atom is -0.507 e. The van der Waals surface area contributed by atoms with Crippen LogP contribution in [0.2, 0.25) is 0 Å². The maximum atomic E-state index is 12.9. The van der Waals surface area contributed by atoms with Gasteiger partial charge in [0.05, 0.1) is 18.7 Å². The summed E-state index contributed by atoms with van der Waals surface area (Å²) < 4.78 is 11.2. The summed E-state index contributed by atoms with van der Waals surface area (Å²) in [5.41, 5.74) is 0.455. The van der Waals surface area contributed by atoms with E-state index >= 15 is 0 Å². The molecule has 1 amide bonds. The van der Waals surface area contributed by atoms with Crippen LogP contribution in [0.15, 0.2) is 63.9 Å². The highest BCUT2D eigenvalue weighted by molar-refractivity contribution is 7.09. The second-order valence-corrected chi connectivity index (χ2v) is 7.94. The number of thiophene rings is 1. The monoisotopic (exact) mass is 423 g/mol. The number of ether oxygens (including phenoxy) is 1. The van der Waals surface area contributed by atoms with Crippen LogP contribution in [0.25, 0.3) is 5.76 Å². The zero-order valence-electron chi connectivity index (χ0n) is 16.6. The topological polar surface area (TPSA) is 80.0 Å². The summed E-state index contributed by atoms with van der Waals surface area (Å²) >= 11 is 1.50. The first-order valence-electron chi connectivity index (χ1n) is 9.60. The number of Topliss-reactive ketones (excluding diaryl/α,β-unsaturated/α-hetero) is 1. The van der Waals surface area contributed by atoms with Gasteiger partial charge in [-0.15, -0.1) is 11.3 Å². The number of ketones is 1. The Hall–Kier alpha value is -3.32. The van der Waals surface area contributed by atoms with Gasteiger partial charge >= 0.3 is 0 Å². The lowest BCUT2D eigenvalue weighted by Crippen LogP contribution is -2.28. The van der Waals surface area contributed by atoms with E-state index in [1.54, 1.807) is 43.3 Å². The quantitative estimate of drug-likeness (QED) is 0.354. The van der Waals surface area contributed by atoms with Gasteiger partial charge in [-0.25, -0.2) is 0 Å². The van der Waals surface area contributed by atoms with E-state index in [9.17, 15) is 14.7 Å². The number of benzene rings is 1. The summed E-state index contributed by atoms with van der Waals surface area (Å²) in [6.45, 7) is 4.46. The molecule has 1 saturated heterocycles. The van der Waals surface area contributed by atoms with Gasteiger partial charge in [0.1, 0.15) is 29.1 Å². The molecule has 0 radical (unpaired) electrons. The van der Waals surface area contributed by atoms with E-state index in [1.165, 1.54) is 16.2 Å². The number of aryl methyl sites for hydroxylation is 1. The van der Waals surface area contributed by atoms with Gasteiger partial charge in [0.15, 0.2) is 0 Å². The predicted octanol–water partition coefficient (Wildman–Crippen LogP) is 4.67. The van der Waals surface area contributed by atoms with Gasteiger partial charge in [-0.3, -0.25) is 9.59 Å². The van der Waals surface area contributed by atoms with Gasteiger partial charge in [0, 0.05) is 10.4 Å². The first-order chi connectivity index (χ1) is 14.5. The molecule has 30 heavy (non-hydrogen) atoms. The lowest BCUT2D eigenvalue weighted by atomic mass is 9.99. The Bertz CT molecular complexity index is 1100. The van der Waals surface area contributed by atoms with Gasteiger partial charge in [0.2, 0.25) is 0 Å². The largest absolute Gasteiger partial charge is 0.507 e. The van der Waals surface area contributed by atoms with Crippen LogP contribution < -0.4 is 4.74 Å². The summed E-state index contributed by atoms with van der Waals surface area (Å²) in [6.07, 6.45) is 0. The maximum absolute atomic E-state index is 12.9. The summed E-state index contributed by atoms with van der Waals surface area (Å²) in [7, 11) is 0. The number of likely N-dealkylation sites (tertiary alicyclic amines) is 1. The average Bonchev–Trinajstić information content (AvgIpc) is 3.46. The Morgan fingerprint density at radius 3 is 2.53 bits per heavy atom. The number of amides is 1. The Morgan fingerprint density at radius 2 is 1.93 bits per heavy atom. The fraction of sp³-hybridized carbons (Fsp3) is 0.217. The molecule has 7 heteroatoms. The zero-order chi connectivity index (χ0) is 21.3. The molecule has 0 saturated carbocycles. The van der Waals surface area contributed by atoms with Crippen LogP contribution in [0.5, 0.6) is 5.75 Å². The van der Waals surface area contributed by atoms with Gasteiger partial charge < -0.3 is 19.2 Å². The second kappa shape index (κ2) is 8.20. The zero-order valence-corrected chi connectivity index (χ0v) is 17.4. The number of rotatable bonds is 6. The summed E-state index contributed by atoms with van der Waals surface area (Å²) in [6, 6.07) is 13.3. The molecule has 1 atom stereocenters. The third-order valence-corrected chi connectivity index (χ3v) is 5.78. The number of hydrogen-bond acceptors (Lipinski definition) is 6. The lowest BCUT2D eigenvalue weighted by Gasteiger charge is -2.22. The molecule has 1 unspecified atom stereocenters. The molecule has 1 aliphatic rings. The Labute approximate surface area is 178 Å². The average molecular weight is 423 g/mol. The Kier molecular flexibility index (Phi) is 5.46. The molecule has 0 aliphatic carbocycles. The summed E-state index contributed by atoms with van der Waals surface area (Å²) in [5, 5.41) is 12.9. The molecule has 1 aliphatic heterocycles. The molecule has 154 valence electrons. The molecule has 1 N–H and O–H groups in total. The highest BCUT2D eigenvalue weighted by Gasteiger charge is 2.47. The van der Waals surface area contributed by atoms with Crippen LogP contribution in [0.1, 0.15) is 34.9 Å². The van der Waals surface area contributed by atoms with Crippen molar-refractivity contribution in [2.45, 2.75) is 26.4 Å². The summed E-state index contributed by atoms with van der Waals surface area (Å²) in [5.74, 6) is 0.144. The van der Waals surface area contributed by atoms with Crippen molar-refractivity contribution < 1.29 is 23.8 Å². The van der Waals surface area contributed by atoms with E-state index in [0.29, 0.717) is 29.4 Å². The normalized spacial score (nSPS) is 18.2. The first kappa shape index (κ1) is 20.0. The number of aliphatic hydroxyl groups is 1. The van der Waals surface area contributed by atoms with Crippen molar-refractivity contribution in [3.63, 3.8) is 0 Å². The molecule has 3 heterocycles. The van der Waals surface area contributed by atoms with E-state index in [4.69, 9.17) is 9.15 Å². The van der Waals surface area contributed by atoms with Crippen molar-refractivity contribution in [2.75, 3.05) is 6.61 Å². The van der Waals surface area contributed by atoms with E-state index < -0.39 is 17.7 Å². The number of carbonyl (C=O) groups excluding carboxylic acids is 2. The van der Waals surface area contributed by atoms with E-state index in [0.717, 1.165) is 4.88 Å². The number of furan rings is 1. The van der Waals surface area contributed by atoms with Gasteiger partial charge in [0.25, 0.3) is 11.7 Å². The van der Waals surface area contributed by atoms with E-state index in [1.807, 2.05) is 24.4 Å². The number of aliphatic hydroxyl groups excluding tert-OH is 1. The molecule has 1 fully saturated rings. The van der Waals surface area contributed by atoms with Crippen molar-refractivity contribution >= 4 is 28.8 Å². The predicted molar refractivity (Wildman–Crippen MR) is 113 cm³/mol. The highest BCUT2D eigenvalue weighted by Crippen LogP contribution is 2.41. The van der Waals surface area contributed by atoms with E-state index in [2.05, 4.69) is 0 Å². The molecule has 4 rings (SSSR count). The van der Waals surface area contributed by atoms with Crippen LogP contribution in [-0.4, -0.2) is 28.3 Å². The Balaban J connectivity index is 1.80. The highest BCUT2D eigenvalue weighted by atomic mass is 32.1. The summed E-state index contributed by atoms with van der Waals surface area (Å²) in [4.78, 5) is 28.2. The number of carbonyl (C=O) groups is 2. The molecule has 2 aromatic heterocycles. The van der Waals surface area contributed by atoms with Crippen LogP contribution in [0.3, 0.4) is 0 Å². The van der Waals surface area contributed by atoms with E-state index in [-0.39, 0.29) is 17.9 Å². The van der Waals surface area contributed by atoms with Crippen molar-refractivity contribution in [3.8, 4) is 5.75 Å². The second-order valence-electron chi connectivity index (χ2n) is 6.91. The SMILES string of the molecule is CCOc1ccc(/C(O)=C2/C(=O)C(=O)N(Cc3cccs3)C2c2ccc(C)o2)cc1. The smallest absolute Gasteiger partial charge is 0.296 e. The molecule has 1 aromatic carbocycles. The van der Waals surface area contributed by atoms with Crippen LogP contribution in [0.4, 0.5) is 0 Å². The van der Waals surface area contributed by atoms with Crippen LogP contribution in [-0.2, 0) is 16.1 Å². The first-order valence-corrected chi connectivity index (χ1v) is 10.5. The van der Waals surface area contributed by atoms with Crippen molar-refractivity contribution in [1.29, 1.82) is 0 Å². The minimum atomic E-state index is -0.799. The number of nitrogens with zero attached hydrogens (tertiary/aromatic N) is 1. The van der Waals surface area contributed by atoms with Crippen molar-refractivity contribution in [2.24, 2.45) is 0 Å². The van der Waals surface area contributed by atoms with Gasteiger partial charge in [-0.2, -0.15) is 0 Å².